The van der Waals surface area contributed by atoms with E-state index in [0.717, 1.165) is 11.1 Å². The Hall–Kier alpha value is -3.12. The SMILES string of the molecule is Cc1cc(Cl)cc2c1N(C/C=C/c1ccccc1)C(=O)C21NC(=O)NC1=O. The molecular weight excluding hydrogens is 366 g/mol. The maximum absolute atomic E-state index is 13.2. The van der Waals surface area contributed by atoms with E-state index in [9.17, 15) is 14.4 Å². The average Bonchev–Trinajstić information content (AvgIpc) is 3.05. The number of urea groups is 1. The Bertz CT molecular complexity index is 1000. The molecular formula is C20H16ClN3O3. The predicted molar refractivity (Wildman–Crippen MR) is 102 cm³/mol. The van der Waals surface area contributed by atoms with Crippen molar-refractivity contribution in [2.45, 2.75) is 12.5 Å². The second kappa shape index (κ2) is 6.25. The lowest BCUT2D eigenvalue weighted by Crippen LogP contribution is -2.52. The Morgan fingerprint density at radius 1 is 1.15 bits per heavy atom. The van der Waals surface area contributed by atoms with Crippen LogP contribution < -0.4 is 15.5 Å². The first-order chi connectivity index (χ1) is 12.9. The van der Waals surface area contributed by atoms with Gasteiger partial charge in [-0.05, 0) is 30.2 Å². The van der Waals surface area contributed by atoms with Crippen LogP contribution >= 0.6 is 11.6 Å². The number of amides is 4. The van der Waals surface area contributed by atoms with E-state index in [1.54, 1.807) is 12.1 Å². The van der Waals surface area contributed by atoms with Crippen molar-refractivity contribution in [2.24, 2.45) is 0 Å². The van der Waals surface area contributed by atoms with Gasteiger partial charge in [-0.2, -0.15) is 0 Å². The zero-order valence-corrected chi connectivity index (χ0v) is 15.2. The third-order valence-electron chi connectivity index (χ3n) is 4.77. The first-order valence-corrected chi connectivity index (χ1v) is 8.79. The van der Waals surface area contributed by atoms with Crippen LogP contribution in [-0.2, 0) is 15.1 Å². The molecule has 2 aromatic carbocycles. The van der Waals surface area contributed by atoms with Gasteiger partial charge in [0.1, 0.15) is 0 Å². The summed E-state index contributed by atoms with van der Waals surface area (Å²) in [5.74, 6) is -1.18. The van der Waals surface area contributed by atoms with Crippen LogP contribution in [0, 0.1) is 6.92 Å². The second-order valence-electron chi connectivity index (χ2n) is 6.51. The number of hydrogen-bond acceptors (Lipinski definition) is 3. The largest absolute Gasteiger partial charge is 0.323 e. The van der Waals surface area contributed by atoms with Gasteiger partial charge in [-0.3, -0.25) is 14.9 Å². The average molecular weight is 382 g/mol. The van der Waals surface area contributed by atoms with Crippen LogP contribution in [0.1, 0.15) is 16.7 Å². The van der Waals surface area contributed by atoms with Crippen LogP contribution in [0.5, 0.6) is 0 Å². The summed E-state index contributed by atoms with van der Waals surface area (Å²) in [6.45, 7) is 2.08. The third-order valence-corrected chi connectivity index (χ3v) is 4.99. The quantitative estimate of drug-likeness (QED) is 0.634. The molecule has 1 fully saturated rings. The monoisotopic (exact) mass is 381 g/mol. The number of rotatable bonds is 3. The summed E-state index contributed by atoms with van der Waals surface area (Å²) in [4.78, 5) is 39.1. The Balaban J connectivity index is 1.76. The number of hydrogen-bond donors (Lipinski definition) is 2. The second-order valence-corrected chi connectivity index (χ2v) is 6.94. The molecule has 6 nitrogen and oxygen atoms in total. The highest BCUT2D eigenvalue weighted by atomic mass is 35.5. The smallest absolute Gasteiger partial charge is 0.312 e. The number of aryl methyl sites for hydroxylation is 1. The Kier molecular flexibility index (Phi) is 4.00. The van der Waals surface area contributed by atoms with Crippen molar-refractivity contribution in [3.8, 4) is 0 Å². The molecule has 1 saturated heterocycles. The number of fused-ring (bicyclic) bond motifs is 2. The van der Waals surface area contributed by atoms with Crippen LogP contribution in [-0.4, -0.2) is 24.4 Å². The van der Waals surface area contributed by atoms with Crippen molar-refractivity contribution >= 4 is 41.2 Å². The Morgan fingerprint density at radius 3 is 2.56 bits per heavy atom. The van der Waals surface area contributed by atoms with E-state index in [1.165, 1.54) is 4.90 Å². The zero-order valence-electron chi connectivity index (χ0n) is 14.5. The van der Waals surface area contributed by atoms with Crippen molar-refractivity contribution in [3.63, 3.8) is 0 Å². The highest BCUT2D eigenvalue weighted by Crippen LogP contribution is 2.45. The molecule has 0 aliphatic carbocycles. The number of nitrogens with zero attached hydrogens (tertiary/aromatic N) is 1. The van der Waals surface area contributed by atoms with Gasteiger partial charge in [0, 0.05) is 17.1 Å². The molecule has 0 radical (unpaired) electrons. The number of nitrogens with one attached hydrogen (secondary N) is 2. The lowest BCUT2D eigenvalue weighted by Gasteiger charge is -2.20. The topological polar surface area (TPSA) is 78.5 Å². The number of benzene rings is 2. The van der Waals surface area contributed by atoms with E-state index in [4.69, 9.17) is 11.6 Å². The van der Waals surface area contributed by atoms with Crippen LogP contribution in [0.4, 0.5) is 10.5 Å². The minimum Gasteiger partial charge on any atom is -0.312 e. The van der Waals surface area contributed by atoms with E-state index >= 15 is 0 Å². The summed E-state index contributed by atoms with van der Waals surface area (Å²) in [6.07, 6.45) is 3.75. The Labute approximate surface area is 160 Å². The fraction of sp³-hybridized carbons (Fsp3) is 0.150. The minimum atomic E-state index is -1.76. The molecule has 1 spiro atoms. The van der Waals surface area contributed by atoms with Gasteiger partial charge in [-0.15, -0.1) is 0 Å². The fourth-order valence-electron chi connectivity index (χ4n) is 3.63. The summed E-state index contributed by atoms with van der Waals surface area (Å²) < 4.78 is 0. The van der Waals surface area contributed by atoms with Crippen LogP contribution in [0.3, 0.4) is 0 Å². The zero-order chi connectivity index (χ0) is 19.2. The van der Waals surface area contributed by atoms with Gasteiger partial charge >= 0.3 is 6.03 Å². The lowest BCUT2D eigenvalue weighted by molar-refractivity contribution is -0.133. The van der Waals surface area contributed by atoms with Crippen molar-refractivity contribution in [2.75, 3.05) is 11.4 Å². The molecule has 2 aromatic rings. The van der Waals surface area contributed by atoms with E-state index in [2.05, 4.69) is 10.6 Å². The molecule has 27 heavy (non-hydrogen) atoms. The van der Waals surface area contributed by atoms with Crippen LogP contribution in [0.2, 0.25) is 5.02 Å². The van der Waals surface area contributed by atoms with E-state index in [1.807, 2.05) is 49.4 Å². The molecule has 1 unspecified atom stereocenters. The van der Waals surface area contributed by atoms with Gasteiger partial charge < -0.3 is 10.2 Å². The molecule has 136 valence electrons. The molecule has 0 saturated carbocycles. The summed E-state index contributed by atoms with van der Waals surface area (Å²) in [5, 5.41) is 5.07. The lowest BCUT2D eigenvalue weighted by atomic mass is 9.90. The molecule has 7 heteroatoms. The normalized spacial score (nSPS) is 21.1. The fourth-order valence-corrected chi connectivity index (χ4v) is 3.90. The summed E-state index contributed by atoms with van der Waals surface area (Å²) >= 11 is 6.17. The van der Waals surface area contributed by atoms with Gasteiger partial charge in [0.25, 0.3) is 11.8 Å². The van der Waals surface area contributed by atoms with E-state index in [-0.39, 0.29) is 6.54 Å². The Morgan fingerprint density at radius 2 is 1.89 bits per heavy atom. The molecule has 2 heterocycles. The van der Waals surface area contributed by atoms with Gasteiger partial charge in [0.2, 0.25) is 5.54 Å². The van der Waals surface area contributed by atoms with Crippen molar-refractivity contribution < 1.29 is 14.4 Å². The van der Waals surface area contributed by atoms with E-state index < -0.39 is 23.4 Å². The van der Waals surface area contributed by atoms with Crippen LogP contribution in [0.25, 0.3) is 6.08 Å². The summed E-state index contributed by atoms with van der Waals surface area (Å²) in [7, 11) is 0. The molecule has 0 bridgehead atoms. The first-order valence-electron chi connectivity index (χ1n) is 8.41. The highest BCUT2D eigenvalue weighted by Gasteiger charge is 2.61. The maximum atomic E-state index is 13.2. The molecule has 2 aliphatic heterocycles. The number of halogens is 1. The first kappa shape index (κ1) is 17.3. The van der Waals surface area contributed by atoms with Crippen molar-refractivity contribution in [3.05, 3.63) is 70.3 Å². The molecule has 1 atom stereocenters. The predicted octanol–water partition coefficient (Wildman–Crippen LogP) is 2.74. The molecule has 0 aromatic heterocycles. The summed E-state index contributed by atoms with van der Waals surface area (Å²) in [6, 6.07) is 12.3. The molecule has 2 N–H and O–H groups in total. The highest BCUT2D eigenvalue weighted by molar-refractivity contribution is 6.32. The van der Waals surface area contributed by atoms with Gasteiger partial charge in [0.05, 0.1) is 5.69 Å². The van der Waals surface area contributed by atoms with Crippen molar-refractivity contribution in [1.29, 1.82) is 0 Å². The van der Waals surface area contributed by atoms with Gasteiger partial charge in [-0.25, -0.2) is 4.79 Å². The molecule has 2 aliphatic rings. The number of carbonyl (C=O) groups excluding carboxylic acids is 3. The van der Waals surface area contributed by atoms with E-state index in [0.29, 0.717) is 16.3 Å². The number of carbonyl (C=O) groups is 3. The number of anilines is 1. The minimum absolute atomic E-state index is 0.258. The standard InChI is InChI=1S/C20H16ClN3O3/c1-12-10-14(21)11-15-16(12)24(9-5-8-13-6-3-2-4-7-13)18(26)20(15)17(25)22-19(27)23-20/h2-8,10-11H,9H2,1H3,(H2,22,23,25,27)/b8-5+. The molecule has 4 amide bonds. The summed E-state index contributed by atoms with van der Waals surface area (Å²) in [5.41, 5.74) is 0.986. The molecule has 4 rings (SSSR count). The third kappa shape index (κ3) is 2.61. The maximum Gasteiger partial charge on any atom is 0.323 e. The van der Waals surface area contributed by atoms with Gasteiger partial charge in [-0.1, -0.05) is 54.1 Å². The van der Waals surface area contributed by atoms with Crippen LogP contribution in [0.15, 0.2) is 48.5 Å². The van der Waals surface area contributed by atoms with Crippen molar-refractivity contribution in [1.82, 2.24) is 10.6 Å². The van der Waals surface area contributed by atoms with Gasteiger partial charge in [0.15, 0.2) is 0 Å². The number of imide groups is 1.